The zero-order valence-electron chi connectivity index (χ0n) is 36.1. The van der Waals surface area contributed by atoms with E-state index >= 15 is 4.39 Å². The van der Waals surface area contributed by atoms with Crippen molar-refractivity contribution in [3.63, 3.8) is 0 Å². The Kier molecular flexibility index (Phi) is 10.8. The number of pyridine rings is 3. The standard InChI is InChI=1S/C52H36B3Br3FN9/c56-53-63(37-19-4-1-5-20-37)40-25-10-13-28-43(40)66(53)49-34-16-31-46(60-49)52(59,47-32-17-35-50(61-47)67-44-29-14-11-26-41(44)64(54(67)57)38-21-6-2-7-22-38)48-33-18-36-51(62-48)68-45-30-15-12-27-42(45)65(55(68)58)39-23-8-3-9-24-39/h1-36H. The zero-order chi connectivity index (χ0) is 45.9. The largest absolute Gasteiger partial charge is 0.466 e. The quantitative estimate of drug-likeness (QED) is 0.132. The summed E-state index contributed by atoms with van der Waals surface area (Å²) in [5.41, 5.74) is 6.66. The molecule has 9 aromatic rings. The number of hydrogen-bond acceptors (Lipinski definition) is 9. The van der Waals surface area contributed by atoms with Gasteiger partial charge in [-0.15, -0.1) is 0 Å². The maximum absolute atomic E-state index is 19.9. The minimum atomic E-state index is -2.47. The molecule has 0 bridgehead atoms. The highest BCUT2D eigenvalue weighted by Gasteiger charge is 2.48. The van der Waals surface area contributed by atoms with Gasteiger partial charge in [0.15, 0.2) is 0 Å². The highest BCUT2D eigenvalue weighted by Crippen LogP contribution is 2.52. The molecule has 0 N–H and O–H groups in total. The van der Waals surface area contributed by atoms with Crippen molar-refractivity contribution in [3.05, 3.63) is 235 Å². The lowest BCUT2D eigenvalue weighted by molar-refractivity contribution is 0.259. The number of benzene rings is 6. The molecule has 326 valence electrons. The molecule has 0 radical (unpaired) electrons. The monoisotopic (exact) mass is 1080 g/mol. The number of aromatic nitrogens is 3. The summed E-state index contributed by atoms with van der Waals surface area (Å²) >= 11 is 12.1. The van der Waals surface area contributed by atoms with E-state index in [9.17, 15) is 0 Å². The van der Waals surface area contributed by atoms with E-state index in [4.69, 9.17) is 15.0 Å². The molecule has 3 aliphatic heterocycles. The van der Waals surface area contributed by atoms with E-state index < -0.39 is 5.67 Å². The van der Waals surface area contributed by atoms with Crippen molar-refractivity contribution in [2.45, 2.75) is 5.67 Å². The first-order chi connectivity index (χ1) is 33.4. The van der Waals surface area contributed by atoms with Crippen LogP contribution in [0.2, 0.25) is 0 Å². The molecule has 0 atom stereocenters. The van der Waals surface area contributed by atoms with Gasteiger partial charge in [0, 0.05) is 17.1 Å². The Morgan fingerprint density at radius 2 is 0.529 bits per heavy atom. The van der Waals surface area contributed by atoms with E-state index in [1.807, 2.05) is 127 Å². The Labute approximate surface area is 419 Å². The molecule has 0 amide bonds. The minimum absolute atomic E-state index is 0.130. The van der Waals surface area contributed by atoms with Gasteiger partial charge in [-0.2, -0.15) is 0 Å². The minimum Gasteiger partial charge on any atom is -0.354 e. The summed E-state index contributed by atoms with van der Waals surface area (Å²) in [4.78, 5) is 28.7. The molecule has 6 aromatic carbocycles. The van der Waals surface area contributed by atoms with Crippen LogP contribution in [0.5, 0.6) is 0 Å². The van der Waals surface area contributed by atoms with E-state index in [0.29, 0.717) is 17.5 Å². The van der Waals surface area contributed by atoms with Crippen LogP contribution in [0.25, 0.3) is 0 Å². The maximum Gasteiger partial charge on any atom is 0.466 e. The lowest BCUT2D eigenvalue weighted by atomic mass is 9.91. The number of nitrogens with zero attached hydrogens (tertiary/aromatic N) is 9. The van der Waals surface area contributed by atoms with Gasteiger partial charge in [-0.3, -0.25) is 0 Å². The third kappa shape index (κ3) is 6.90. The smallest absolute Gasteiger partial charge is 0.354 e. The Morgan fingerprint density at radius 3 is 0.794 bits per heavy atom. The summed E-state index contributed by atoms with van der Waals surface area (Å²) in [5.74, 6) is 0.511. The number of anilines is 12. The number of fused-ring (bicyclic) bond motifs is 3. The highest BCUT2D eigenvalue weighted by molar-refractivity contribution is 9.25. The van der Waals surface area contributed by atoms with Crippen molar-refractivity contribution < 1.29 is 4.39 Å². The van der Waals surface area contributed by atoms with E-state index in [2.05, 4.69) is 149 Å². The second-order valence-electron chi connectivity index (χ2n) is 16.4. The number of alkyl halides is 1. The van der Waals surface area contributed by atoms with Gasteiger partial charge >= 0.3 is 17.4 Å². The first kappa shape index (κ1) is 42.5. The Balaban J connectivity index is 1.01. The molecule has 0 fully saturated rings. The van der Waals surface area contributed by atoms with Gasteiger partial charge in [-0.05, 0) is 109 Å². The molecule has 3 aliphatic rings. The molecule has 0 unspecified atom stereocenters. The topological polar surface area (TPSA) is 58.1 Å². The number of hydrogen-bond donors (Lipinski definition) is 0. The van der Waals surface area contributed by atoms with Crippen LogP contribution in [0.3, 0.4) is 0 Å². The van der Waals surface area contributed by atoms with Gasteiger partial charge in [0.1, 0.15) is 17.5 Å². The van der Waals surface area contributed by atoms with Crippen LogP contribution >= 0.6 is 47.3 Å². The van der Waals surface area contributed by atoms with Crippen molar-refractivity contribution in [3.8, 4) is 0 Å². The number of para-hydroxylation sites is 9. The van der Waals surface area contributed by atoms with Crippen molar-refractivity contribution in [2.75, 3.05) is 28.9 Å². The van der Waals surface area contributed by atoms with Gasteiger partial charge in [0.25, 0.3) is 0 Å². The molecule has 12 rings (SSSR count). The molecule has 0 saturated heterocycles. The van der Waals surface area contributed by atoms with Crippen molar-refractivity contribution in [1.82, 2.24) is 15.0 Å². The average molecular weight is 1080 g/mol. The Hall–Kier alpha value is -6.87. The molecule has 0 saturated carbocycles. The fraction of sp³-hybridized carbons (Fsp3) is 0.0192. The highest BCUT2D eigenvalue weighted by atomic mass is 79.9. The molecular weight excluding hydrogens is 1040 g/mol. The summed E-state index contributed by atoms with van der Waals surface area (Å²) in [5, 5.41) is 0. The Bertz CT molecular complexity index is 2970. The predicted molar refractivity (Wildman–Crippen MR) is 289 cm³/mol. The lowest BCUT2D eigenvalue weighted by Crippen LogP contribution is -2.40. The van der Waals surface area contributed by atoms with Gasteiger partial charge < -0.3 is 28.9 Å². The second-order valence-corrected chi connectivity index (χ2v) is 18.9. The van der Waals surface area contributed by atoms with E-state index in [-0.39, 0.29) is 34.5 Å². The average Bonchev–Trinajstić information content (AvgIpc) is 3.99. The molecule has 9 nitrogen and oxygen atoms in total. The number of rotatable bonds is 9. The maximum atomic E-state index is 19.9. The lowest BCUT2D eigenvalue weighted by Gasteiger charge is -2.30. The van der Waals surface area contributed by atoms with Crippen LogP contribution in [0, 0.1) is 0 Å². The molecule has 16 heteroatoms. The van der Waals surface area contributed by atoms with Gasteiger partial charge in [-0.1, -0.05) is 156 Å². The third-order valence-corrected chi connectivity index (χ3v) is 15.0. The van der Waals surface area contributed by atoms with Crippen LogP contribution in [-0.2, 0) is 5.67 Å². The fourth-order valence-corrected chi connectivity index (χ4v) is 12.2. The van der Waals surface area contributed by atoms with Crippen LogP contribution in [0.1, 0.15) is 17.1 Å². The Morgan fingerprint density at radius 1 is 0.294 bits per heavy atom. The third-order valence-electron chi connectivity index (χ3n) is 12.6. The summed E-state index contributed by atoms with van der Waals surface area (Å²) in [6, 6.07) is 71.7. The van der Waals surface area contributed by atoms with Gasteiger partial charge in [0.05, 0.1) is 51.2 Å². The molecule has 6 heterocycles. The zero-order valence-corrected chi connectivity index (χ0v) is 40.8. The van der Waals surface area contributed by atoms with Crippen molar-refractivity contribution >= 4 is 133 Å². The van der Waals surface area contributed by atoms with Gasteiger partial charge in [0.2, 0.25) is 5.67 Å². The summed E-state index contributed by atoms with van der Waals surface area (Å²) < 4.78 is 19.9. The summed E-state index contributed by atoms with van der Waals surface area (Å²) in [7, 11) is 0. The van der Waals surface area contributed by atoms with E-state index in [0.717, 1.165) is 51.2 Å². The first-order valence-corrected chi connectivity index (χ1v) is 24.9. The summed E-state index contributed by atoms with van der Waals surface area (Å²) in [6.45, 7) is 0. The SMILES string of the molecule is FC(c1cccc(N2B(Br)N(c3ccccc3)c3ccccc32)n1)(c1cccc(N2B(Br)N(c3ccccc3)c3ccccc32)n1)c1cccc(N2B(Br)N(c3ccccc3)c3ccccc32)n1. The summed E-state index contributed by atoms with van der Waals surface area (Å²) in [6.07, 6.45) is 0. The van der Waals surface area contributed by atoms with Crippen LogP contribution in [0.15, 0.2) is 218 Å². The predicted octanol–water partition coefficient (Wildman–Crippen LogP) is 14.1. The molecule has 68 heavy (non-hydrogen) atoms. The molecular formula is C52H36B3Br3FN9. The van der Waals surface area contributed by atoms with Crippen molar-refractivity contribution in [2.24, 2.45) is 0 Å². The van der Waals surface area contributed by atoms with Crippen molar-refractivity contribution in [1.29, 1.82) is 0 Å². The first-order valence-electron chi connectivity index (χ1n) is 22.1. The molecule has 3 aromatic heterocycles. The van der Waals surface area contributed by atoms with Crippen LogP contribution < -0.4 is 28.9 Å². The number of halogens is 4. The van der Waals surface area contributed by atoms with Crippen LogP contribution in [0.4, 0.5) is 73.0 Å². The second kappa shape index (κ2) is 17.3. The van der Waals surface area contributed by atoms with Crippen LogP contribution in [-0.4, -0.2) is 32.4 Å². The molecule has 0 aliphatic carbocycles. The molecule has 0 spiro atoms. The van der Waals surface area contributed by atoms with E-state index in [1.54, 1.807) is 18.2 Å². The van der Waals surface area contributed by atoms with E-state index in [1.165, 1.54) is 0 Å². The van der Waals surface area contributed by atoms with Gasteiger partial charge in [-0.25, -0.2) is 19.3 Å². The normalized spacial score (nSPS) is 14.2. The fourth-order valence-electron chi connectivity index (χ4n) is 9.54.